The van der Waals surface area contributed by atoms with Crippen molar-refractivity contribution in [3.05, 3.63) is 33.9 Å². The summed E-state index contributed by atoms with van der Waals surface area (Å²) in [7, 11) is -2.08. The number of aromatic nitrogens is 1. The molecule has 0 unspecified atom stereocenters. The number of anilines is 1. The first-order chi connectivity index (χ1) is 10.9. The van der Waals surface area contributed by atoms with Gasteiger partial charge in [-0.2, -0.15) is 21.6 Å². The van der Waals surface area contributed by atoms with Crippen LogP contribution in [0.4, 0.5) is 18.9 Å². The van der Waals surface area contributed by atoms with Crippen LogP contribution in [0.25, 0.3) is 10.9 Å². The number of pyridine rings is 1. The zero-order valence-corrected chi connectivity index (χ0v) is 14.8. The van der Waals surface area contributed by atoms with Crippen LogP contribution < -0.4 is 4.72 Å². The lowest BCUT2D eigenvalue weighted by atomic mass is 10.1. The largest absolute Gasteiger partial charge is 0.516 e. The van der Waals surface area contributed by atoms with E-state index >= 15 is 0 Å². The minimum atomic E-state index is -5.64. The topological polar surface area (TPSA) is 62.3 Å². The van der Waals surface area contributed by atoms with Gasteiger partial charge in [-0.15, -0.1) is 0 Å². The predicted octanol–water partition coefficient (Wildman–Crippen LogP) is 3.86. The Bertz CT molecular complexity index is 886. The van der Waals surface area contributed by atoms with Crippen molar-refractivity contribution in [3.8, 4) is 0 Å². The van der Waals surface area contributed by atoms with Crippen molar-refractivity contribution in [1.29, 1.82) is 0 Å². The summed E-state index contributed by atoms with van der Waals surface area (Å²) in [6, 6.07) is 4.35. The highest BCUT2D eigenvalue weighted by Crippen LogP contribution is 2.37. The van der Waals surface area contributed by atoms with Crippen LogP contribution in [0.15, 0.2) is 18.2 Å². The average molecular weight is 402 g/mol. The molecule has 5 nitrogen and oxygen atoms in total. The summed E-state index contributed by atoms with van der Waals surface area (Å²) >= 11 is 11.9. The van der Waals surface area contributed by atoms with Crippen molar-refractivity contribution in [2.45, 2.75) is 12.1 Å². The molecule has 0 amide bonds. The van der Waals surface area contributed by atoms with E-state index in [4.69, 9.17) is 23.2 Å². The second-order valence-electron chi connectivity index (χ2n) is 5.20. The summed E-state index contributed by atoms with van der Waals surface area (Å²) in [5, 5.41) is 0.145. The van der Waals surface area contributed by atoms with Gasteiger partial charge in [0.1, 0.15) is 0 Å². The lowest BCUT2D eigenvalue weighted by Gasteiger charge is -2.16. The van der Waals surface area contributed by atoms with E-state index in [1.807, 2.05) is 0 Å². The first-order valence-corrected chi connectivity index (χ1v) is 8.68. The summed E-state index contributed by atoms with van der Waals surface area (Å²) in [6.07, 6.45) is 0. The van der Waals surface area contributed by atoms with Crippen molar-refractivity contribution in [2.24, 2.45) is 0 Å². The fourth-order valence-corrected chi connectivity index (χ4v) is 3.17. The van der Waals surface area contributed by atoms with E-state index in [0.29, 0.717) is 12.2 Å². The molecule has 0 saturated carbocycles. The summed E-state index contributed by atoms with van der Waals surface area (Å²) in [5.41, 5.74) is -5.49. The van der Waals surface area contributed by atoms with E-state index in [0.717, 1.165) is 6.07 Å². The second kappa shape index (κ2) is 6.55. The molecule has 1 N–H and O–H groups in total. The number of rotatable bonds is 4. The Hall–Kier alpha value is -1.29. The molecule has 11 heteroatoms. The van der Waals surface area contributed by atoms with E-state index in [2.05, 4.69) is 4.98 Å². The smallest absolute Gasteiger partial charge is 0.304 e. The lowest BCUT2D eigenvalue weighted by molar-refractivity contribution is -0.0429. The molecule has 2 aromatic rings. The van der Waals surface area contributed by atoms with Gasteiger partial charge in [-0.3, -0.25) is 4.72 Å². The fraction of sp³-hybridized carbons (Fsp3) is 0.308. The van der Waals surface area contributed by atoms with Crippen LogP contribution in [0.3, 0.4) is 0 Å². The molecule has 24 heavy (non-hydrogen) atoms. The number of hydrogen-bond acceptors (Lipinski definition) is 4. The van der Waals surface area contributed by atoms with Crippen molar-refractivity contribution in [2.75, 3.05) is 18.8 Å². The van der Waals surface area contributed by atoms with Crippen LogP contribution in [0.2, 0.25) is 10.0 Å². The number of nitrogens with one attached hydrogen (secondary N) is 1. The normalized spacial score (nSPS) is 12.8. The minimum Gasteiger partial charge on any atom is -0.304 e. The predicted molar refractivity (Wildman–Crippen MR) is 87.8 cm³/mol. The second-order valence-corrected chi connectivity index (χ2v) is 7.69. The van der Waals surface area contributed by atoms with Gasteiger partial charge in [0.25, 0.3) is 0 Å². The van der Waals surface area contributed by atoms with Crippen LogP contribution in [0.5, 0.6) is 0 Å². The van der Waals surface area contributed by atoms with Gasteiger partial charge in [-0.1, -0.05) is 23.2 Å². The van der Waals surface area contributed by atoms with Gasteiger partial charge in [-0.05, 0) is 32.3 Å². The lowest BCUT2D eigenvalue weighted by Crippen LogP contribution is -2.30. The maximum atomic E-state index is 12.6. The van der Waals surface area contributed by atoms with Crippen LogP contribution in [0, 0.1) is 0 Å². The van der Waals surface area contributed by atoms with Gasteiger partial charge in [0, 0.05) is 11.9 Å². The zero-order valence-electron chi connectivity index (χ0n) is 12.4. The van der Waals surface area contributed by atoms with Crippen LogP contribution in [0.1, 0.15) is 5.69 Å². The van der Waals surface area contributed by atoms with Gasteiger partial charge >= 0.3 is 15.5 Å². The molecule has 0 bridgehead atoms. The van der Waals surface area contributed by atoms with Crippen molar-refractivity contribution in [3.63, 3.8) is 0 Å². The number of sulfonamides is 1. The number of alkyl halides is 3. The van der Waals surface area contributed by atoms with E-state index in [-0.39, 0.29) is 20.9 Å². The fourth-order valence-electron chi connectivity index (χ4n) is 1.96. The molecule has 0 aliphatic rings. The SMILES string of the molecule is CN(C)Cc1ccc2c(Cl)cc(Cl)c(NS(=O)(=O)C(F)(F)F)c2n1. The molecular formula is C13H12Cl2F3N3O2S. The zero-order chi connectivity index (χ0) is 18.3. The molecule has 1 aromatic carbocycles. The Kier molecular flexibility index (Phi) is 5.19. The molecule has 0 aliphatic carbocycles. The Balaban J connectivity index is 2.68. The molecule has 0 spiro atoms. The first-order valence-electron chi connectivity index (χ1n) is 6.44. The highest BCUT2D eigenvalue weighted by molar-refractivity contribution is 7.93. The van der Waals surface area contributed by atoms with E-state index in [1.54, 1.807) is 31.1 Å². The Morgan fingerprint density at radius 3 is 2.38 bits per heavy atom. The Morgan fingerprint density at radius 2 is 1.83 bits per heavy atom. The molecule has 132 valence electrons. The number of fused-ring (bicyclic) bond motifs is 1. The van der Waals surface area contributed by atoms with Gasteiger partial charge in [0.05, 0.1) is 26.9 Å². The third-order valence-electron chi connectivity index (χ3n) is 2.96. The quantitative estimate of drug-likeness (QED) is 0.844. The summed E-state index contributed by atoms with van der Waals surface area (Å²) in [4.78, 5) is 5.99. The van der Waals surface area contributed by atoms with E-state index in [1.165, 1.54) is 4.72 Å². The maximum absolute atomic E-state index is 12.6. The molecular weight excluding hydrogens is 390 g/mol. The summed E-state index contributed by atoms with van der Waals surface area (Å²) in [6.45, 7) is 0.394. The van der Waals surface area contributed by atoms with Crippen molar-refractivity contribution < 1.29 is 21.6 Å². The standard InChI is InChI=1S/C13H12Cl2F3N3O2S/c1-21(2)6-7-3-4-8-9(14)5-10(15)12(11(8)19-7)20-24(22,23)13(16,17)18/h3-5,20H,6H2,1-2H3. The maximum Gasteiger partial charge on any atom is 0.516 e. The molecule has 1 aromatic heterocycles. The van der Waals surface area contributed by atoms with Crippen molar-refractivity contribution in [1.82, 2.24) is 9.88 Å². The Morgan fingerprint density at radius 1 is 1.21 bits per heavy atom. The third kappa shape index (κ3) is 3.85. The number of halogens is 5. The molecule has 0 saturated heterocycles. The van der Waals surface area contributed by atoms with Crippen LogP contribution in [-0.2, 0) is 16.6 Å². The molecule has 0 fully saturated rings. The molecule has 0 atom stereocenters. The van der Waals surface area contributed by atoms with Gasteiger partial charge < -0.3 is 4.90 Å². The number of nitrogens with zero attached hydrogens (tertiary/aromatic N) is 2. The van der Waals surface area contributed by atoms with Gasteiger partial charge in [0.15, 0.2) is 0 Å². The molecule has 1 heterocycles. The van der Waals surface area contributed by atoms with E-state index < -0.39 is 21.2 Å². The summed E-state index contributed by atoms with van der Waals surface area (Å²) in [5.74, 6) is 0. The highest BCUT2D eigenvalue weighted by atomic mass is 35.5. The average Bonchev–Trinajstić information content (AvgIpc) is 2.41. The molecule has 0 aliphatic heterocycles. The number of benzene rings is 1. The summed E-state index contributed by atoms with van der Waals surface area (Å²) < 4.78 is 62.2. The van der Waals surface area contributed by atoms with Gasteiger partial charge in [-0.25, -0.2) is 4.98 Å². The van der Waals surface area contributed by atoms with Crippen molar-refractivity contribution >= 4 is 49.8 Å². The highest BCUT2D eigenvalue weighted by Gasteiger charge is 2.46. The first kappa shape index (κ1) is 19.0. The number of hydrogen-bond donors (Lipinski definition) is 1. The van der Waals surface area contributed by atoms with Gasteiger partial charge in [0.2, 0.25) is 0 Å². The van der Waals surface area contributed by atoms with Crippen LogP contribution >= 0.6 is 23.2 Å². The Labute approximate surface area is 146 Å². The molecule has 0 radical (unpaired) electrons. The minimum absolute atomic E-state index is 0.0559. The monoisotopic (exact) mass is 401 g/mol. The van der Waals surface area contributed by atoms with E-state index in [9.17, 15) is 21.6 Å². The van der Waals surface area contributed by atoms with Crippen LogP contribution in [-0.4, -0.2) is 37.9 Å². The molecule has 2 rings (SSSR count). The third-order valence-corrected chi connectivity index (χ3v) is 4.65.